The Hall–Kier alpha value is -2.42. The standard InChI is InChI=1S/C17H15NO2/c19-16-9-4-10-17(20)14(16)11-18-15-8-3-6-12-5-1-2-7-13(12)15/h1-3,5-8,11,19H,4,9-10H2. The van der Waals surface area contributed by atoms with Crippen LogP contribution in [-0.4, -0.2) is 17.1 Å². The Kier molecular flexibility index (Phi) is 3.33. The SMILES string of the molecule is O=C1CCCC(O)=C1C=Nc1cccc2ccccc12. The summed E-state index contributed by atoms with van der Waals surface area (Å²) in [6.45, 7) is 0. The van der Waals surface area contributed by atoms with Gasteiger partial charge in [-0.1, -0.05) is 36.4 Å². The van der Waals surface area contributed by atoms with E-state index in [1.807, 2.05) is 42.5 Å². The number of ketones is 1. The van der Waals surface area contributed by atoms with Crippen LogP contribution in [0.15, 0.2) is 58.8 Å². The number of hydrogen-bond acceptors (Lipinski definition) is 3. The van der Waals surface area contributed by atoms with Crippen LogP contribution in [0.25, 0.3) is 10.8 Å². The molecule has 1 aliphatic rings. The Balaban J connectivity index is 2.01. The molecule has 100 valence electrons. The molecule has 0 saturated carbocycles. The molecule has 3 rings (SSSR count). The Morgan fingerprint density at radius 2 is 1.85 bits per heavy atom. The molecule has 20 heavy (non-hydrogen) atoms. The molecule has 0 unspecified atom stereocenters. The van der Waals surface area contributed by atoms with Gasteiger partial charge in [-0.05, 0) is 17.9 Å². The van der Waals surface area contributed by atoms with Gasteiger partial charge in [0, 0.05) is 24.4 Å². The van der Waals surface area contributed by atoms with E-state index < -0.39 is 0 Å². The molecule has 1 N–H and O–H groups in total. The van der Waals surface area contributed by atoms with Gasteiger partial charge in [-0.2, -0.15) is 0 Å². The molecule has 0 fully saturated rings. The van der Waals surface area contributed by atoms with Crippen LogP contribution in [-0.2, 0) is 4.79 Å². The summed E-state index contributed by atoms with van der Waals surface area (Å²) in [4.78, 5) is 16.2. The molecule has 2 aromatic carbocycles. The summed E-state index contributed by atoms with van der Waals surface area (Å²) in [5.41, 5.74) is 1.16. The summed E-state index contributed by atoms with van der Waals surface area (Å²) in [7, 11) is 0. The van der Waals surface area contributed by atoms with Gasteiger partial charge in [0.05, 0.1) is 11.3 Å². The van der Waals surface area contributed by atoms with E-state index >= 15 is 0 Å². The largest absolute Gasteiger partial charge is 0.512 e. The highest BCUT2D eigenvalue weighted by Gasteiger charge is 2.18. The van der Waals surface area contributed by atoms with Crippen LogP contribution in [0.1, 0.15) is 19.3 Å². The number of carbonyl (C=O) groups is 1. The first-order chi connectivity index (χ1) is 9.75. The third kappa shape index (κ3) is 2.35. The normalized spacial score (nSPS) is 16.3. The molecule has 0 aromatic heterocycles. The zero-order valence-electron chi connectivity index (χ0n) is 11.0. The Bertz CT molecular complexity index is 723. The summed E-state index contributed by atoms with van der Waals surface area (Å²) >= 11 is 0. The molecular formula is C17H15NO2. The number of fused-ring (bicyclic) bond motifs is 1. The number of benzene rings is 2. The quantitative estimate of drug-likeness (QED) is 0.831. The molecule has 0 spiro atoms. The highest BCUT2D eigenvalue weighted by atomic mass is 16.3. The topological polar surface area (TPSA) is 49.7 Å². The lowest BCUT2D eigenvalue weighted by Crippen LogP contribution is -2.12. The number of carbonyl (C=O) groups excluding carboxylic acids is 1. The zero-order valence-corrected chi connectivity index (χ0v) is 11.0. The van der Waals surface area contributed by atoms with Crippen LogP contribution in [0.4, 0.5) is 5.69 Å². The van der Waals surface area contributed by atoms with Gasteiger partial charge in [0.2, 0.25) is 0 Å². The molecular weight excluding hydrogens is 250 g/mol. The van der Waals surface area contributed by atoms with Gasteiger partial charge >= 0.3 is 0 Å². The van der Waals surface area contributed by atoms with E-state index in [2.05, 4.69) is 4.99 Å². The van der Waals surface area contributed by atoms with E-state index in [0.29, 0.717) is 18.4 Å². The molecule has 0 radical (unpaired) electrons. The Morgan fingerprint density at radius 3 is 2.70 bits per heavy atom. The molecule has 0 aliphatic heterocycles. The average Bonchev–Trinajstić information content (AvgIpc) is 2.47. The second-order valence-electron chi connectivity index (χ2n) is 4.89. The number of aliphatic hydroxyl groups is 1. The van der Waals surface area contributed by atoms with Crippen molar-refractivity contribution in [3.05, 3.63) is 53.8 Å². The van der Waals surface area contributed by atoms with Crippen LogP contribution in [0.2, 0.25) is 0 Å². The molecule has 2 aromatic rings. The minimum atomic E-state index is -0.0299. The van der Waals surface area contributed by atoms with E-state index in [1.54, 1.807) is 0 Å². The third-order valence-corrected chi connectivity index (χ3v) is 3.53. The van der Waals surface area contributed by atoms with Gasteiger partial charge < -0.3 is 5.11 Å². The highest BCUT2D eigenvalue weighted by molar-refractivity contribution is 6.15. The first kappa shape index (κ1) is 12.6. The second kappa shape index (κ2) is 5.29. The number of rotatable bonds is 2. The van der Waals surface area contributed by atoms with Crippen molar-refractivity contribution in [1.82, 2.24) is 0 Å². The Morgan fingerprint density at radius 1 is 1.05 bits per heavy atom. The monoisotopic (exact) mass is 265 g/mol. The molecule has 1 aliphatic carbocycles. The maximum Gasteiger partial charge on any atom is 0.167 e. The lowest BCUT2D eigenvalue weighted by molar-refractivity contribution is -0.115. The number of aliphatic hydroxyl groups excluding tert-OH is 1. The van der Waals surface area contributed by atoms with Crippen molar-refractivity contribution in [2.75, 3.05) is 0 Å². The molecule has 0 heterocycles. The van der Waals surface area contributed by atoms with Crippen molar-refractivity contribution in [1.29, 1.82) is 0 Å². The smallest absolute Gasteiger partial charge is 0.167 e. The van der Waals surface area contributed by atoms with Gasteiger partial charge in [-0.25, -0.2) is 0 Å². The van der Waals surface area contributed by atoms with Gasteiger partial charge in [0.1, 0.15) is 5.76 Å². The second-order valence-corrected chi connectivity index (χ2v) is 4.89. The highest BCUT2D eigenvalue weighted by Crippen LogP contribution is 2.26. The number of hydrogen-bond donors (Lipinski definition) is 1. The molecule has 3 nitrogen and oxygen atoms in total. The first-order valence-corrected chi connectivity index (χ1v) is 6.73. The van der Waals surface area contributed by atoms with Gasteiger partial charge in [-0.3, -0.25) is 9.79 Å². The van der Waals surface area contributed by atoms with Gasteiger partial charge in [0.25, 0.3) is 0 Å². The van der Waals surface area contributed by atoms with E-state index in [9.17, 15) is 9.90 Å². The van der Waals surface area contributed by atoms with E-state index in [1.165, 1.54) is 6.21 Å². The fourth-order valence-electron chi connectivity index (χ4n) is 2.45. The van der Waals surface area contributed by atoms with Crippen molar-refractivity contribution in [2.24, 2.45) is 4.99 Å². The average molecular weight is 265 g/mol. The summed E-state index contributed by atoms with van der Waals surface area (Å²) < 4.78 is 0. The molecule has 0 amide bonds. The maximum absolute atomic E-state index is 11.8. The van der Waals surface area contributed by atoms with Crippen LogP contribution in [0.5, 0.6) is 0 Å². The summed E-state index contributed by atoms with van der Waals surface area (Å²) in [6, 6.07) is 13.8. The van der Waals surface area contributed by atoms with Crippen molar-refractivity contribution in [2.45, 2.75) is 19.3 Å². The van der Waals surface area contributed by atoms with Crippen molar-refractivity contribution < 1.29 is 9.90 Å². The minimum absolute atomic E-state index is 0.0299. The predicted molar refractivity (Wildman–Crippen MR) is 80.6 cm³/mol. The Labute approximate surface area is 117 Å². The van der Waals surface area contributed by atoms with Gasteiger partial charge in [-0.15, -0.1) is 0 Å². The predicted octanol–water partition coefficient (Wildman–Crippen LogP) is 4.11. The number of aliphatic imine (C=N–C) groups is 1. The fourth-order valence-corrected chi connectivity index (χ4v) is 2.45. The summed E-state index contributed by atoms with van der Waals surface area (Å²) in [5.74, 6) is 0.128. The van der Waals surface area contributed by atoms with Crippen molar-refractivity contribution in [3.8, 4) is 0 Å². The van der Waals surface area contributed by atoms with Crippen LogP contribution >= 0.6 is 0 Å². The third-order valence-electron chi connectivity index (χ3n) is 3.53. The van der Waals surface area contributed by atoms with Crippen molar-refractivity contribution in [3.63, 3.8) is 0 Å². The number of allylic oxidation sites excluding steroid dienone is 2. The maximum atomic E-state index is 11.8. The van der Waals surface area contributed by atoms with Crippen molar-refractivity contribution >= 4 is 28.5 Å². The molecule has 0 saturated heterocycles. The van der Waals surface area contributed by atoms with E-state index in [-0.39, 0.29) is 11.5 Å². The fraction of sp³-hybridized carbons (Fsp3) is 0.176. The molecule has 3 heteroatoms. The van der Waals surface area contributed by atoms with E-state index in [0.717, 1.165) is 22.9 Å². The lowest BCUT2D eigenvalue weighted by atomic mass is 9.97. The van der Waals surface area contributed by atoms with Crippen LogP contribution in [0, 0.1) is 0 Å². The van der Waals surface area contributed by atoms with E-state index in [4.69, 9.17) is 0 Å². The molecule has 0 atom stereocenters. The minimum Gasteiger partial charge on any atom is -0.512 e. The zero-order chi connectivity index (χ0) is 13.9. The molecule has 0 bridgehead atoms. The van der Waals surface area contributed by atoms with Crippen LogP contribution < -0.4 is 0 Å². The summed E-state index contributed by atoms with van der Waals surface area (Å²) in [6.07, 6.45) is 3.26. The number of Topliss-reactive ketones (excluding diaryl/α,β-unsaturated/α-hetero) is 1. The number of nitrogens with zero attached hydrogens (tertiary/aromatic N) is 1. The first-order valence-electron chi connectivity index (χ1n) is 6.73. The summed E-state index contributed by atoms with van der Waals surface area (Å²) in [5, 5.41) is 11.9. The van der Waals surface area contributed by atoms with Crippen LogP contribution in [0.3, 0.4) is 0 Å². The van der Waals surface area contributed by atoms with Gasteiger partial charge in [0.15, 0.2) is 5.78 Å². The lowest BCUT2D eigenvalue weighted by Gasteiger charge is -2.11.